The summed E-state index contributed by atoms with van der Waals surface area (Å²) in [5, 5.41) is 9.33. The van der Waals surface area contributed by atoms with E-state index in [1.807, 2.05) is 30.3 Å². The van der Waals surface area contributed by atoms with Gasteiger partial charge in [0.05, 0.1) is 0 Å². The normalized spacial score (nSPS) is 10.7. The van der Waals surface area contributed by atoms with Gasteiger partial charge in [-0.2, -0.15) is 0 Å². The Morgan fingerprint density at radius 3 is 2.64 bits per heavy atom. The Balaban J connectivity index is 1.81. The summed E-state index contributed by atoms with van der Waals surface area (Å²) in [6.07, 6.45) is 0. The van der Waals surface area contributed by atoms with Gasteiger partial charge in [-0.25, -0.2) is 4.79 Å². The lowest BCUT2D eigenvalue weighted by Gasteiger charge is -2.17. The molecule has 0 aliphatic heterocycles. The molecule has 1 heterocycles. The van der Waals surface area contributed by atoms with Gasteiger partial charge in [0.25, 0.3) is 0 Å². The van der Waals surface area contributed by atoms with Gasteiger partial charge in [-0.3, -0.25) is 5.32 Å². The maximum absolute atomic E-state index is 11.8. The molecule has 6 heteroatoms. The van der Waals surface area contributed by atoms with Crippen LogP contribution < -0.4 is 10.6 Å². The van der Waals surface area contributed by atoms with E-state index in [1.165, 1.54) is 0 Å². The Morgan fingerprint density at radius 1 is 1.23 bits per heavy atom. The summed E-state index contributed by atoms with van der Waals surface area (Å²) >= 11 is 0. The molecule has 22 heavy (non-hydrogen) atoms. The summed E-state index contributed by atoms with van der Waals surface area (Å²) in [7, 11) is 0. The highest BCUT2D eigenvalue weighted by Gasteiger charge is 2.09. The van der Waals surface area contributed by atoms with Crippen LogP contribution in [0.2, 0.25) is 0 Å². The lowest BCUT2D eigenvalue weighted by Crippen LogP contribution is -2.36. The molecule has 0 aliphatic carbocycles. The summed E-state index contributed by atoms with van der Waals surface area (Å²) in [4.78, 5) is 14.0. The van der Waals surface area contributed by atoms with E-state index in [4.69, 9.17) is 4.52 Å². The summed E-state index contributed by atoms with van der Waals surface area (Å²) < 4.78 is 5.23. The van der Waals surface area contributed by atoms with Gasteiger partial charge < -0.3 is 14.7 Å². The lowest BCUT2D eigenvalue weighted by molar-refractivity contribution is 0.247. The fraction of sp³-hybridized carbons (Fsp3) is 0.375. The maximum atomic E-state index is 11.8. The number of rotatable bonds is 7. The van der Waals surface area contributed by atoms with E-state index in [1.54, 1.807) is 6.07 Å². The molecule has 2 N–H and O–H groups in total. The summed E-state index contributed by atoms with van der Waals surface area (Å²) in [5.74, 6) is 1.03. The third-order valence-corrected chi connectivity index (χ3v) is 3.42. The molecule has 2 rings (SSSR count). The highest BCUT2D eigenvalue weighted by atomic mass is 16.5. The minimum absolute atomic E-state index is 0.278. The van der Waals surface area contributed by atoms with Crippen molar-refractivity contribution >= 4 is 11.8 Å². The van der Waals surface area contributed by atoms with Crippen LogP contribution >= 0.6 is 0 Å². The van der Waals surface area contributed by atoms with Crippen molar-refractivity contribution in [2.24, 2.45) is 0 Å². The second-order valence-electron chi connectivity index (χ2n) is 4.85. The van der Waals surface area contributed by atoms with Crippen molar-refractivity contribution in [1.82, 2.24) is 15.4 Å². The van der Waals surface area contributed by atoms with Crippen molar-refractivity contribution in [3.8, 4) is 11.3 Å². The number of hydrogen-bond acceptors (Lipinski definition) is 4. The Hall–Kier alpha value is -2.34. The third kappa shape index (κ3) is 4.60. The SMILES string of the molecule is CCN(CC)CCNC(=O)Nc1cc(-c2ccccc2)on1. The summed E-state index contributed by atoms with van der Waals surface area (Å²) in [5.41, 5.74) is 0.921. The standard InChI is InChI=1S/C16H22N4O2/c1-3-20(4-2)11-10-17-16(21)18-15-12-14(22-19-15)13-8-6-5-7-9-13/h5-9,12H,3-4,10-11H2,1-2H3,(H2,17,18,19,21). The fourth-order valence-corrected chi connectivity index (χ4v) is 2.10. The minimum Gasteiger partial charge on any atom is -0.354 e. The van der Waals surface area contributed by atoms with E-state index in [2.05, 4.69) is 34.5 Å². The van der Waals surface area contributed by atoms with E-state index in [0.29, 0.717) is 18.1 Å². The molecule has 1 aromatic carbocycles. The molecule has 118 valence electrons. The van der Waals surface area contributed by atoms with Crippen LogP contribution in [0.3, 0.4) is 0 Å². The van der Waals surface area contributed by atoms with Crippen LogP contribution in [0, 0.1) is 0 Å². The number of urea groups is 1. The van der Waals surface area contributed by atoms with E-state index in [-0.39, 0.29) is 6.03 Å². The Labute approximate surface area is 130 Å². The molecule has 0 spiro atoms. The molecule has 0 saturated heterocycles. The lowest BCUT2D eigenvalue weighted by atomic mass is 10.2. The van der Waals surface area contributed by atoms with Crippen LogP contribution in [-0.2, 0) is 0 Å². The number of hydrogen-bond donors (Lipinski definition) is 2. The Bertz CT molecular complexity index is 579. The molecular weight excluding hydrogens is 280 g/mol. The first-order chi connectivity index (χ1) is 10.7. The number of aromatic nitrogens is 1. The quantitative estimate of drug-likeness (QED) is 0.825. The molecule has 0 aliphatic rings. The van der Waals surface area contributed by atoms with E-state index >= 15 is 0 Å². The molecule has 2 amide bonds. The predicted molar refractivity (Wildman–Crippen MR) is 86.7 cm³/mol. The zero-order chi connectivity index (χ0) is 15.8. The first-order valence-electron chi connectivity index (χ1n) is 7.52. The number of nitrogens with one attached hydrogen (secondary N) is 2. The smallest absolute Gasteiger partial charge is 0.320 e. The van der Waals surface area contributed by atoms with Gasteiger partial charge >= 0.3 is 6.03 Å². The highest BCUT2D eigenvalue weighted by Crippen LogP contribution is 2.21. The first-order valence-corrected chi connectivity index (χ1v) is 7.52. The number of nitrogens with zero attached hydrogens (tertiary/aromatic N) is 2. The molecule has 1 aromatic heterocycles. The van der Waals surface area contributed by atoms with Gasteiger partial charge in [-0.1, -0.05) is 49.3 Å². The summed E-state index contributed by atoms with van der Waals surface area (Å²) in [6.45, 7) is 7.58. The largest absolute Gasteiger partial charge is 0.354 e. The average molecular weight is 302 g/mol. The van der Waals surface area contributed by atoms with Gasteiger partial charge in [0.15, 0.2) is 11.6 Å². The average Bonchev–Trinajstić information content (AvgIpc) is 3.01. The number of benzene rings is 1. The minimum atomic E-state index is -0.278. The predicted octanol–water partition coefficient (Wildman–Crippen LogP) is 2.80. The molecule has 0 radical (unpaired) electrons. The van der Waals surface area contributed by atoms with Gasteiger partial charge in [-0.05, 0) is 13.1 Å². The van der Waals surface area contributed by atoms with Crippen LogP contribution in [-0.4, -0.2) is 42.3 Å². The van der Waals surface area contributed by atoms with Gasteiger partial charge in [0.2, 0.25) is 0 Å². The maximum Gasteiger partial charge on any atom is 0.320 e. The van der Waals surface area contributed by atoms with E-state index < -0.39 is 0 Å². The van der Waals surface area contributed by atoms with Crippen LogP contribution in [0.5, 0.6) is 0 Å². The summed E-state index contributed by atoms with van der Waals surface area (Å²) in [6, 6.07) is 11.1. The second kappa shape index (κ2) is 8.19. The fourth-order valence-electron chi connectivity index (χ4n) is 2.10. The Morgan fingerprint density at radius 2 is 1.95 bits per heavy atom. The zero-order valence-corrected chi connectivity index (χ0v) is 13.0. The zero-order valence-electron chi connectivity index (χ0n) is 13.0. The van der Waals surface area contributed by atoms with Crippen molar-refractivity contribution in [1.29, 1.82) is 0 Å². The number of carbonyl (C=O) groups is 1. The molecule has 0 saturated carbocycles. The molecule has 6 nitrogen and oxygen atoms in total. The highest BCUT2D eigenvalue weighted by molar-refractivity contribution is 5.88. The number of anilines is 1. The van der Waals surface area contributed by atoms with Crippen molar-refractivity contribution in [2.45, 2.75) is 13.8 Å². The number of likely N-dealkylation sites (N-methyl/N-ethyl adjacent to an activating group) is 1. The monoisotopic (exact) mass is 302 g/mol. The van der Waals surface area contributed by atoms with Gasteiger partial charge in [-0.15, -0.1) is 0 Å². The van der Waals surface area contributed by atoms with Crippen LogP contribution in [0.4, 0.5) is 10.6 Å². The Kier molecular flexibility index (Phi) is 5.97. The second-order valence-corrected chi connectivity index (χ2v) is 4.85. The van der Waals surface area contributed by atoms with Crippen molar-refractivity contribution in [3.63, 3.8) is 0 Å². The van der Waals surface area contributed by atoms with Gasteiger partial charge in [0, 0.05) is 24.7 Å². The third-order valence-electron chi connectivity index (χ3n) is 3.42. The molecule has 0 bridgehead atoms. The van der Waals surface area contributed by atoms with Crippen molar-refractivity contribution in [3.05, 3.63) is 36.4 Å². The van der Waals surface area contributed by atoms with Gasteiger partial charge in [0.1, 0.15) is 0 Å². The number of carbonyl (C=O) groups excluding carboxylic acids is 1. The first kappa shape index (κ1) is 16.0. The molecule has 2 aromatic rings. The van der Waals surface area contributed by atoms with Crippen molar-refractivity contribution in [2.75, 3.05) is 31.5 Å². The van der Waals surface area contributed by atoms with Crippen LogP contribution in [0.1, 0.15) is 13.8 Å². The van der Waals surface area contributed by atoms with E-state index in [0.717, 1.165) is 25.2 Å². The molecule has 0 atom stereocenters. The number of amides is 2. The molecular formula is C16H22N4O2. The molecule has 0 unspecified atom stereocenters. The van der Waals surface area contributed by atoms with Crippen molar-refractivity contribution < 1.29 is 9.32 Å². The van der Waals surface area contributed by atoms with E-state index in [9.17, 15) is 4.79 Å². The van der Waals surface area contributed by atoms with Crippen LogP contribution in [0.15, 0.2) is 40.9 Å². The van der Waals surface area contributed by atoms with Crippen LogP contribution in [0.25, 0.3) is 11.3 Å². The topological polar surface area (TPSA) is 70.4 Å². The molecule has 0 fully saturated rings.